The molecule has 0 aliphatic carbocycles. The van der Waals surface area contributed by atoms with Gasteiger partial charge < -0.3 is 30.5 Å². The molecular formula is C23H27N5O9S2. The third-order valence-corrected chi connectivity index (χ3v) is 7.23. The highest BCUT2D eigenvalue weighted by molar-refractivity contribution is 8.00. The topological polar surface area (TPSA) is 200 Å². The first-order valence-electron chi connectivity index (χ1n) is 11.4. The van der Waals surface area contributed by atoms with Crippen molar-refractivity contribution in [2.45, 2.75) is 39.1 Å². The van der Waals surface area contributed by atoms with Crippen molar-refractivity contribution in [3.05, 3.63) is 34.5 Å². The van der Waals surface area contributed by atoms with Crippen molar-refractivity contribution in [3.8, 4) is 0 Å². The molecular weight excluding hydrogens is 554 g/mol. The van der Waals surface area contributed by atoms with Crippen LogP contribution in [0.2, 0.25) is 0 Å². The van der Waals surface area contributed by atoms with Gasteiger partial charge in [0.05, 0.1) is 5.41 Å². The second-order valence-corrected chi connectivity index (χ2v) is 11.2. The third-order valence-electron chi connectivity index (χ3n) is 5.25. The van der Waals surface area contributed by atoms with E-state index in [1.165, 1.54) is 36.2 Å². The summed E-state index contributed by atoms with van der Waals surface area (Å²) in [6.07, 6.45) is 3.02. The van der Waals surface area contributed by atoms with Crippen molar-refractivity contribution in [1.82, 2.24) is 15.2 Å². The van der Waals surface area contributed by atoms with Gasteiger partial charge in [-0.3, -0.25) is 24.1 Å². The number of rotatable bonds is 9. The van der Waals surface area contributed by atoms with Gasteiger partial charge in [0.25, 0.3) is 11.8 Å². The number of ether oxygens (including phenoxy) is 3. The fourth-order valence-electron chi connectivity index (χ4n) is 3.36. The zero-order chi connectivity index (χ0) is 28.9. The highest BCUT2D eigenvalue weighted by atomic mass is 32.2. The Morgan fingerprint density at radius 1 is 1.28 bits per heavy atom. The molecule has 3 heterocycles. The number of β-lactam (4-membered cyclic amide) rings is 1. The third kappa shape index (κ3) is 6.94. The van der Waals surface area contributed by atoms with Gasteiger partial charge in [-0.25, -0.2) is 9.78 Å². The van der Waals surface area contributed by atoms with Crippen LogP contribution in [0.4, 0.5) is 5.13 Å². The fraction of sp³-hybridized carbons (Fsp3) is 0.435. The molecule has 1 aromatic rings. The summed E-state index contributed by atoms with van der Waals surface area (Å²) in [6.45, 7) is 5.43. The lowest BCUT2D eigenvalue weighted by Crippen LogP contribution is -2.71. The van der Waals surface area contributed by atoms with Crippen molar-refractivity contribution in [1.29, 1.82) is 0 Å². The molecule has 2 aliphatic rings. The quantitative estimate of drug-likeness (QED) is 0.0925. The van der Waals surface area contributed by atoms with Crippen LogP contribution in [-0.4, -0.2) is 81.1 Å². The van der Waals surface area contributed by atoms with Crippen LogP contribution in [0.15, 0.2) is 34.0 Å². The first kappa shape index (κ1) is 29.6. The molecule has 0 radical (unpaired) electrons. The van der Waals surface area contributed by atoms with Crippen LogP contribution in [0.5, 0.6) is 0 Å². The molecule has 2 unspecified atom stereocenters. The van der Waals surface area contributed by atoms with Crippen molar-refractivity contribution in [2.24, 2.45) is 10.6 Å². The van der Waals surface area contributed by atoms with Crippen LogP contribution in [0.1, 0.15) is 33.4 Å². The van der Waals surface area contributed by atoms with Gasteiger partial charge in [0.1, 0.15) is 29.4 Å². The number of allylic oxidation sites excluding steroid dienone is 1. The van der Waals surface area contributed by atoms with Crippen LogP contribution in [0.25, 0.3) is 0 Å². The molecule has 2 amide bonds. The molecule has 14 nitrogen and oxygen atoms in total. The van der Waals surface area contributed by atoms with Crippen LogP contribution in [-0.2, 0) is 38.2 Å². The Labute approximate surface area is 231 Å². The van der Waals surface area contributed by atoms with E-state index in [9.17, 15) is 29.2 Å². The molecule has 1 saturated heterocycles. The monoisotopic (exact) mass is 581 g/mol. The second-order valence-electron chi connectivity index (χ2n) is 9.19. The maximum atomic E-state index is 13.1. The van der Waals surface area contributed by atoms with E-state index in [0.717, 1.165) is 16.2 Å². The molecule has 4 N–H and O–H groups in total. The van der Waals surface area contributed by atoms with E-state index >= 15 is 0 Å². The van der Waals surface area contributed by atoms with Crippen LogP contribution < -0.4 is 11.1 Å². The molecule has 0 saturated carbocycles. The lowest BCUT2D eigenvalue weighted by atomic mass is 9.98. The summed E-state index contributed by atoms with van der Waals surface area (Å²) < 4.78 is 15.0. The Balaban J connectivity index is 1.77. The molecule has 3 rings (SSSR count). The first-order chi connectivity index (χ1) is 18.3. The van der Waals surface area contributed by atoms with Gasteiger partial charge in [-0.15, -0.1) is 23.1 Å². The number of nitrogens with one attached hydrogen (secondary N) is 1. The molecule has 2 aliphatic heterocycles. The number of carbonyl (C=O) groups excluding carboxylic acids is 5. The molecule has 39 heavy (non-hydrogen) atoms. The summed E-state index contributed by atoms with van der Waals surface area (Å²) in [7, 11) is 0. The Kier molecular flexibility index (Phi) is 9.34. The minimum absolute atomic E-state index is 0.0339. The number of hydrogen-bond acceptors (Lipinski definition) is 14. The zero-order valence-electron chi connectivity index (χ0n) is 21.5. The van der Waals surface area contributed by atoms with Crippen LogP contribution in [0.3, 0.4) is 0 Å². The molecule has 0 spiro atoms. The predicted molar refractivity (Wildman–Crippen MR) is 139 cm³/mol. The highest BCUT2D eigenvalue weighted by Crippen LogP contribution is 2.41. The van der Waals surface area contributed by atoms with Gasteiger partial charge in [-0.2, -0.15) is 0 Å². The molecule has 1 aromatic heterocycles. The van der Waals surface area contributed by atoms with Crippen molar-refractivity contribution < 1.29 is 43.4 Å². The summed E-state index contributed by atoms with van der Waals surface area (Å²) >= 11 is 2.29. The Bertz CT molecular complexity index is 1260. The molecule has 0 aromatic carbocycles. The Hall–Kier alpha value is -3.92. The number of carbonyl (C=O) groups is 5. The van der Waals surface area contributed by atoms with Gasteiger partial charge >= 0.3 is 17.9 Å². The molecule has 1 fully saturated rings. The van der Waals surface area contributed by atoms with Gasteiger partial charge in [0, 0.05) is 18.1 Å². The van der Waals surface area contributed by atoms with Crippen LogP contribution in [0, 0.1) is 5.41 Å². The van der Waals surface area contributed by atoms with E-state index in [2.05, 4.69) is 15.5 Å². The summed E-state index contributed by atoms with van der Waals surface area (Å²) in [5.74, 6) is -3.27. The Morgan fingerprint density at radius 2 is 2.00 bits per heavy atom. The summed E-state index contributed by atoms with van der Waals surface area (Å²) in [5.41, 5.74) is 4.65. The summed E-state index contributed by atoms with van der Waals surface area (Å²) in [5, 5.41) is 15.7. The number of thiazole rings is 1. The van der Waals surface area contributed by atoms with E-state index in [4.69, 9.17) is 19.9 Å². The average Bonchev–Trinajstić information content (AvgIpc) is 3.29. The van der Waals surface area contributed by atoms with Crippen molar-refractivity contribution in [2.75, 3.05) is 24.9 Å². The SMILES string of the molecule is CC(=O)OC/C=C/C1=C(C(=O)OCOC(=O)C(C)(C)C)N2C(=O)C(NC(=O)/C(=N\O)c3csc(N)n3)C2SC1. The number of nitrogens with two attached hydrogens (primary N) is 1. The number of thioether (sulfide) groups is 1. The van der Waals surface area contributed by atoms with E-state index in [1.54, 1.807) is 20.8 Å². The standard InChI is InChI=1S/C23H27N5O9S2/c1-11(29)35-7-5-6-12-8-38-19-15(26-17(30)14(27-34)13-9-39-22(24)25-13)18(31)28(19)16(12)20(32)36-10-37-21(33)23(2,3)4/h5-6,9,15,19,34H,7-8,10H2,1-4H3,(H2,24,25)(H,26,30)/b6-5+,27-14-. The summed E-state index contributed by atoms with van der Waals surface area (Å²) in [4.78, 5) is 67.0. The first-order valence-corrected chi connectivity index (χ1v) is 13.3. The van der Waals surface area contributed by atoms with Crippen molar-refractivity contribution >= 4 is 63.7 Å². The highest BCUT2D eigenvalue weighted by Gasteiger charge is 2.54. The van der Waals surface area contributed by atoms with E-state index < -0.39 is 59.1 Å². The minimum Gasteiger partial charge on any atom is -0.462 e. The normalized spacial score (nSPS) is 19.3. The maximum Gasteiger partial charge on any atom is 0.358 e. The van der Waals surface area contributed by atoms with E-state index in [-0.39, 0.29) is 28.9 Å². The Morgan fingerprint density at radius 3 is 2.59 bits per heavy atom. The molecule has 2 atom stereocenters. The minimum atomic E-state index is -1.05. The van der Waals surface area contributed by atoms with Gasteiger partial charge in [0.15, 0.2) is 10.8 Å². The van der Waals surface area contributed by atoms with Gasteiger partial charge in [-0.1, -0.05) is 11.2 Å². The number of nitrogens with zero attached hydrogens (tertiary/aromatic N) is 3. The largest absolute Gasteiger partial charge is 0.462 e. The predicted octanol–water partition coefficient (Wildman–Crippen LogP) is 0.767. The molecule has 0 bridgehead atoms. The number of amides is 2. The smallest absolute Gasteiger partial charge is 0.358 e. The molecule has 16 heteroatoms. The maximum absolute atomic E-state index is 13.1. The zero-order valence-corrected chi connectivity index (χ0v) is 23.1. The number of hydrogen-bond donors (Lipinski definition) is 3. The molecule has 210 valence electrons. The lowest BCUT2D eigenvalue weighted by Gasteiger charge is -2.49. The van der Waals surface area contributed by atoms with Gasteiger partial charge in [0.2, 0.25) is 6.79 Å². The number of aromatic nitrogens is 1. The average molecular weight is 582 g/mol. The van der Waals surface area contributed by atoms with E-state index in [1.807, 2.05) is 0 Å². The number of oxime groups is 1. The lowest BCUT2D eigenvalue weighted by molar-refractivity contribution is -0.173. The second kappa shape index (κ2) is 12.3. The number of nitrogen functional groups attached to an aromatic ring is 1. The van der Waals surface area contributed by atoms with E-state index in [0.29, 0.717) is 5.57 Å². The van der Waals surface area contributed by atoms with Gasteiger partial charge in [-0.05, 0) is 32.4 Å². The number of esters is 3. The van der Waals surface area contributed by atoms with Crippen LogP contribution >= 0.6 is 23.1 Å². The summed E-state index contributed by atoms with van der Waals surface area (Å²) in [6, 6.07) is -1.05. The number of fused-ring (bicyclic) bond motifs is 1. The fourth-order valence-corrected chi connectivity index (χ4v) is 5.22. The number of anilines is 1. The van der Waals surface area contributed by atoms with Crippen molar-refractivity contribution in [3.63, 3.8) is 0 Å².